The number of benzene rings is 2. The van der Waals surface area contributed by atoms with Gasteiger partial charge in [-0.25, -0.2) is 4.79 Å². The van der Waals surface area contributed by atoms with Crippen LogP contribution in [0.1, 0.15) is 38.5 Å². The van der Waals surface area contributed by atoms with Gasteiger partial charge in [-0.15, -0.1) is 0 Å². The first-order chi connectivity index (χ1) is 11.4. The van der Waals surface area contributed by atoms with Gasteiger partial charge in [0.15, 0.2) is 0 Å². The number of ether oxygens (including phenoxy) is 1. The molecule has 0 aromatic heterocycles. The standard InChI is InChI=1S/C19H19NO4/c1-10-7-15-16(9-24-17(15)8-11(10)2)18(21)20-13-4-5-14(19(22)23)12(3)6-13/h4-8,16H,9H2,1-3H3,(H,20,21)(H,22,23). The molecule has 5 heteroatoms. The maximum atomic E-state index is 12.6. The van der Waals surface area contributed by atoms with Crippen LogP contribution in [0, 0.1) is 20.8 Å². The number of amides is 1. The molecule has 1 heterocycles. The number of anilines is 1. The van der Waals surface area contributed by atoms with Gasteiger partial charge in [-0.05, 0) is 61.7 Å². The van der Waals surface area contributed by atoms with Gasteiger partial charge in [0.25, 0.3) is 0 Å². The summed E-state index contributed by atoms with van der Waals surface area (Å²) in [4.78, 5) is 23.7. The Hall–Kier alpha value is -2.82. The fourth-order valence-electron chi connectivity index (χ4n) is 2.90. The van der Waals surface area contributed by atoms with E-state index in [1.165, 1.54) is 6.07 Å². The first-order valence-corrected chi connectivity index (χ1v) is 7.75. The third-order valence-electron chi connectivity index (χ3n) is 4.45. The highest BCUT2D eigenvalue weighted by Crippen LogP contribution is 2.36. The van der Waals surface area contributed by atoms with Crippen LogP contribution in [0.4, 0.5) is 5.69 Å². The monoisotopic (exact) mass is 325 g/mol. The van der Waals surface area contributed by atoms with E-state index in [9.17, 15) is 9.59 Å². The highest BCUT2D eigenvalue weighted by atomic mass is 16.5. The van der Waals surface area contributed by atoms with E-state index in [2.05, 4.69) is 5.32 Å². The average Bonchev–Trinajstić information content (AvgIpc) is 2.90. The van der Waals surface area contributed by atoms with Crippen molar-refractivity contribution in [2.45, 2.75) is 26.7 Å². The molecule has 1 aliphatic rings. The highest BCUT2D eigenvalue weighted by Gasteiger charge is 2.31. The predicted molar refractivity (Wildman–Crippen MR) is 90.9 cm³/mol. The number of aryl methyl sites for hydroxylation is 3. The smallest absolute Gasteiger partial charge is 0.335 e. The zero-order valence-electron chi connectivity index (χ0n) is 13.8. The third kappa shape index (κ3) is 2.85. The summed E-state index contributed by atoms with van der Waals surface area (Å²) in [5.41, 5.74) is 4.58. The van der Waals surface area contributed by atoms with Gasteiger partial charge in [0.1, 0.15) is 18.3 Å². The van der Waals surface area contributed by atoms with Crippen LogP contribution in [-0.2, 0) is 4.79 Å². The Morgan fingerprint density at radius 3 is 2.46 bits per heavy atom. The molecule has 5 nitrogen and oxygen atoms in total. The summed E-state index contributed by atoms with van der Waals surface area (Å²) in [5.74, 6) is -0.733. The molecule has 1 aliphatic heterocycles. The van der Waals surface area contributed by atoms with Crippen molar-refractivity contribution in [3.63, 3.8) is 0 Å². The number of carboxylic acid groups (broad SMARTS) is 1. The minimum atomic E-state index is -0.977. The SMILES string of the molecule is Cc1cc2c(cc1C)C(C(=O)Nc1ccc(C(=O)O)c(C)c1)CO2. The predicted octanol–water partition coefficient (Wildman–Crippen LogP) is 3.42. The van der Waals surface area contributed by atoms with Crippen molar-refractivity contribution in [2.75, 3.05) is 11.9 Å². The van der Waals surface area contributed by atoms with Crippen LogP contribution in [0.2, 0.25) is 0 Å². The lowest BCUT2D eigenvalue weighted by Crippen LogP contribution is -2.22. The highest BCUT2D eigenvalue weighted by molar-refractivity contribution is 5.98. The molecule has 0 spiro atoms. The molecule has 0 saturated carbocycles. The van der Waals surface area contributed by atoms with Crippen LogP contribution in [0.25, 0.3) is 0 Å². The number of hydrogen-bond donors (Lipinski definition) is 2. The van der Waals surface area contributed by atoms with Crippen molar-refractivity contribution in [3.8, 4) is 5.75 Å². The van der Waals surface area contributed by atoms with Crippen LogP contribution in [0.3, 0.4) is 0 Å². The van der Waals surface area contributed by atoms with Crippen molar-refractivity contribution < 1.29 is 19.4 Å². The van der Waals surface area contributed by atoms with Crippen LogP contribution in [0.5, 0.6) is 5.75 Å². The van der Waals surface area contributed by atoms with E-state index in [4.69, 9.17) is 9.84 Å². The molecule has 2 aromatic rings. The van der Waals surface area contributed by atoms with Crippen LogP contribution >= 0.6 is 0 Å². The number of carbonyl (C=O) groups is 2. The Kier molecular flexibility index (Phi) is 4.01. The summed E-state index contributed by atoms with van der Waals surface area (Å²) in [7, 11) is 0. The molecule has 124 valence electrons. The van der Waals surface area contributed by atoms with Crippen molar-refractivity contribution in [3.05, 3.63) is 58.1 Å². The zero-order valence-corrected chi connectivity index (χ0v) is 13.8. The normalized spacial score (nSPS) is 15.5. The van der Waals surface area contributed by atoms with E-state index in [1.54, 1.807) is 19.1 Å². The number of rotatable bonds is 3. The molecule has 0 fully saturated rings. The summed E-state index contributed by atoms with van der Waals surface area (Å²) in [6.45, 7) is 6.05. The van der Waals surface area contributed by atoms with E-state index in [1.807, 2.05) is 26.0 Å². The van der Waals surface area contributed by atoms with Crippen molar-refractivity contribution in [1.29, 1.82) is 0 Å². The minimum Gasteiger partial charge on any atom is -0.492 e. The summed E-state index contributed by atoms with van der Waals surface area (Å²) in [6.07, 6.45) is 0. The van der Waals surface area contributed by atoms with Gasteiger partial charge in [0, 0.05) is 11.3 Å². The van der Waals surface area contributed by atoms with Gasteiger partial charge in [0.2, 0.25) is 5.91 Å². The molecular weight excluding hydrogens is 306 g/mol. The van der Waals surface area contributed by atoms with Crippen LogP contribution < -0.4 is 10.1 Å². The summed E-state index contributed by atoms with van der Waals surface area (Å²) in [5, 5.41) is 11.9. The Morgan fingerprint density at radius 2 is 1.79 bits per heavy atom. The Labute approximate surface area is 140 Å². The van der Waals surface area contributed by atoms with E-state index in [0.717, 1.165) is 22.4 Å². The lowest BCUT2D eigenvalue weighted by Gasteiger charge is -2.12. The molecule has 2 aromatic carbocycles. The maximum Gasteiger partial charge on any atom is 0.335 e. The molecule has 1 atom stereocenters. The van der Waals surface area contributed by atoms with Crippen LogP contribution in [-0.4, -0.2) is 23.6 Å². The largest absolute Gasteiger partial charge is 0.492 e. The Morgan fingerprint density at radius 1 is 1.08 bits per heavy atom. The molecule has 2 N–H and O–H groups in total. The number of aromatic carboxylic acids is 1. The number of fused-ring (bicyclic) bond motifs is 1. The summed E-state index contributed by atoms with van der Waals surface area (Å²) in [6, 6.07) is 8.73. The van der Waals surface area contributed by atoms with Gasteiger partial charge in [-0.2, -0.15) is 0 Å². The number of hydrogen-bond acceptors (Lipinski definition) is 3. The first-order valence-electron chi connectivity index (χ1n) is 7.75. The van der Waals surface area contributed by atoms with E-state index in [-0.39, 0.29) is 17.4 Å². The van der Waals surface area contributed by atoms with Gasteiger partial charge < -0.3 is 15.2 Å². The number of carboxylic acids is 1. The van der Waals surface area contributed by atoms with Crippen LogP contribution in [0.15, 0.2) is 30.3 Å². The number of carbonyl (C=O) groups excluding carboxylic acids is 1. The lowest BCUT2D eigenvalue weighted by atomic mass is 9.96. The summed E-state index contributed by atoms with van der Waals surface area (Å²) >= 11 is 0. The molecular formula is C19H19NO4. The topological polar surface area (TPSA) is 75.6 Å². The second-order valence-electron chi connectivity index (χ2n) is 6.16. The minimum absolute atomic E-state index is 0.153. The molecule has 0 saturated heterocycles. The maximum absolute atomic E-state index is 12.6. The molecule has 3 rings (SSSR count). The van der Waals surface area contributed by atoms with E-state index < -0.39 is 5.97 Å². The second-order valence-corrected chi connectivity index (χ2v) is 6.16. The van der Waals surface area contributed by atoms with E-state index >= 15 is 0 Å². The van der Waals surface area contributed by atoms with Gasteiger partial charge >= 0.3 is 5.97 Å². The average molecular weight is 325 g/mol. The zero-order chi connectivity index (χ0) is 17.4. The number of nitrogens with one attached hydrogen (secondary N) is 1. The summed E-state index contributed by atoms with van der Waals surface area (Å²) < 4.78 is 5.64. The fourth-order valence-corrected chi connectivity index (χ4v) is 2.90. The molecule has 0 bridgehead atoms. The third-order valence-corrected chi connectivity index (χ3v) is 4.45. The quantitative estimate of drug-likeness (QED) is 0.906. The van der Waals surface area contributed by atoms with Gasteiger partial charge in [0.05, 0.1) is 5.56 Å². The van der Waals surface area contributed by atoms with Gasteiger partial charge in [-0.3, -0.25) is 4.79 Å². The molecule has 1 unspecified atom stereocenters. The first kappa shape index (κ1) is 16.1. The fraction of sp³-hybridized carbons (Fsp3) is 0.263. The second kappa shape index (κ2) is 6.00. The van der Waals surface area contributed by atoms with Crippen molar-refractivity contribution >= 4 is 17.6 Å². The van der Waals surface area contributed by atoms with Crippen molar-refractivity contribution in [1.82, 2.24) is 0 Å². The Balaban J connectivity index is 1.81. The molecule has 24 heavy (non-hydrogen) atoms. The van der Waals surface area contributed by atoms with Gasteiger partial charge in [-0.1, -0.05) is 6.07 Å². The van der Waals surface area contributed by atoms with E-state index in [0.29, 0.717) is 17.9 Å². The molecule has 0 aliphatic carbocycles. The Bertz CT molecular complexity index is 842. The molecule has 1 amide bonds. The molecule has 0 radical (unpaired) electrons. The van der Waals surface area contributed by atoms with Crippen molar-refractivity contribution in [2.24, 2.45) is 0 Å². The lowest BCUT2D eigenvalue weighted by molar-refractivity contribution is -0.117.